The second-order valence-electron chi connectivity index (χ2n) is 2.89. The number of rotatable bonds is 2. The van der Waals surface area contributed by atoms with Crippen LogP contribution in [0.5, 0.6) is 5.88 Å². The molecule has 1 heterocycles. The molecule has 66 valence electrons. The maximum atomic E-state index is 5.91. The molecule has 0 aliphatic rings. The molecular weight excluding hydrogens is 174 g/mol. The third-order valence-electron chi connectivity index (χ3n) is 1.68. The van der Waals surface area contributed by atoms with E-state index in [0.29, 0.717) is 17.0 Å². The summed E-state index contributed by atoms with van der Waals surface area (Å²) < 4.78 is 4.93. The summed E-state index contributed by atoms with van der Waals surface area (Å²) in [6, 6.07) is 3.76. The fourth-order valence-corrected chi connectivity index (χ4v) is 1.34. The van der Waals surface area contributed by atoms with Gasteiger partial charge in [-0.1, -0.05) is 31.5 Å². The minimum atomic E-state index is 0.399. The Morgan fingerprint density at radius 2 is 2.08 bits per heavy atom. The largest absolute Gasteiger partial charge is 0.481 e. The fourth-order valence-electron chi connectivity index (χ4n) is 0.973. The molecule has 0 amide bonds. The standard InChI is InChI=1S/C9H12ClNO/c1-6(2)7-4-5-8(12-3)11-9(7)10/h4-6H,1-3H3. The van der Waals surface area contributed by atoms with E-state index in [1.165, 1.54) is 0 Å². The smallest absolute Gasteiger partial charge is 0.214 e. The Hall–Kier alpha value is -0.760. The van der Waals surface area contributed by atoms with Crippen molar-refractivity contribution >= 4 is 11.6 Å². The summed E-state index contributed by atoms with van der Waals surface area (Å²) in [4.78, 5) is 4.06. The van der Waals surface area contributed by atoms with Gasteiger partial charge in [-0.2, -0.15) is 0 Å². The molecule has 0 unspecified atom stereocenters. The number of pyridine rings is 1. The van der Waals surface area contributed by atoms with Crippen LogP contribution in [0.1, 0.15) is 25.3 Å². The highest BCUT2D eigenvalue weighted by atomic mass is 35.5. The normalized spacial score (nSPS) is 10.4. The molecule has 0 saturated heterocycles. The lowest BCUT2D eigenvalue weighted by Gasteiger charge is -2.07. The number of hydrogen-bond donors (Lipinski definition) is 0. The van der Waals surface area contributed by atoms with Crippen LogP contribution in [-0.4, -0.2) is 12.1 Å². The zero-order valence-electron chi connectivity index (χ0n) is 7.47. The maximum absolute atomic E-state index is 5.91. The van der Waals surface area contributed by atoms with Crippen molar-refractivity contribution in [1.29, 1.82) is 0 Å². The summed E-state index contributed by atoms with van der Waals surface area (Å²) in [5, 5.41) is 0.532. The molecule has 0 aliphatic heterocycles. The quantitative estimate of drug-likeness (QED) is 0.661. The van der Waals surface area contributed by atoms with Gasteiger partial charge in [0.05, 0.1) is 7.11 Å². The van der Waals surface area contributed by atoms with E-state index in [1.54, 1.807) is 7.11 Å². The number of ether oxygens (including phenoxy) is 1. The molecule has 0 radical (unpaired) electrons. The van der Waals surface area contributed by atoms with Gasteiger partial charge in [-0.25, -0.2) is 4.98 Å². The molecule has 1 rings (SSSR count). The highest BCUT2D eigenvalue weighted by Crippen LogP contribution is 2.24. The molecule has 0 aromatic carbocycles. The molecule has 0 spiro atoms. The Morgan fingerprint density at radius 3 is 2.50 bits per heavy atom. The first-order valence-electron chi connectivity index (χ1n) is 3.85. The van der Waals surface area contributed by atoms with E-state index < -0.39 is 0 Å². The van der Waals surface area contributed by atoms with Crippen molar-refractivity contribution < 1.29 is 4.74 Å². The fraction of sp³-hybridized carbons (Fsp3) is 0.444. The molecule has 12 heavy (non-hydrogen) atoms. The van der Waals surface area contributed by atoms with Gasteiger partial charge in [-0.15, -0.1) is 0 Å². The SMILES string of the molecule is COc1ccc(C(C)C)c(Cl)n1. The van der Waals surface area contributed by atoms with Crippen LogP contribution in [0.3, 0.4) is 0 Å². The van der Waals surface area contributed by atoms with Gasteiger partial charge in [0.15, 0.2) is 0 Å². The Labute approximate surface area is 77.5 Å². The van der Waals surface area contributed by atoms with Crippen molar-refractivity contribution in [1.82, 2.24) is 4.98 Å². The summed E-state index contributed by atoms with van der Waals surface area (Å²) in [6.45, 7) is 4.16. The average Bonchev–Trinajstić information content (AvgIpc) is 2.03. The second-order valence-corrected chi connectivity index (χ2v) is 3.25. The van der Waals surface area contributed by atoms with Gasteiger partial charge in [-0.3, -0.25) is 0 Å². The highest BCUT2D eigenvalue weighted by Gasteiger charge is 2.06. The third kappa shape index (κ3) is 1.89. The predicted octanol–water partition coefficient (Wildman–Crippen LogP) is 2.87. The lowest BCUT2D eigenvalue weighted by molar-refractivity contribution is 0.397. The van der Waals surface area contributed by atoms with E-state index in [9.17, 15) is 0 Å². The molecule has 0 N–H and O–H groups in total. The Kier molecular flexibility index (Phi) is 2.93. The van der Waals surface area contributed by atoms with Crippen LogP contribution in [-0.2, 0) is 0 Å². The van der Waals surface area contributed by atoms with Gasteiger partial charge >= 0.3 is 0 Å². The summed E-state index contributed by atoms with van der Waals surface area (Å²) in [6.07, 6.45) is 0. The van der Waals surface area contributed by atoms with Crippen LogP contribution in [0, 0.1) is 0 Å². The van der Waals surface area contributed by atoms with Gasteiger partial charge in [-0.05, 0) is 11.5 Å². The first-order chi connectivity index (χ1) is 5.65. The van der Waals surface area contributed by atoms with E-state index in [2.05, 4.69) is 18.8 Å². The van der Waals surface area contributed by atoms with Crippen LogP contribution in [0.2, 0.25) is 5.15 Å². The van der Waals surface area contributed by atoms with Crippen molar-refractivity contribution in [2.45, 2.75) is 19.8 Å². The summed E-state index contributed by atoms with van der Waals surface area (Å²) in [5.74, 6) is 0.959. The number of hydrogen-bond acceptors (Lipinski definition) is 2. The Bertz CT molecular complexity index is 273. The van der Waals surface area contributed by atoms with Crippen LogP contribution in [0.15, 0.2) is 12.1 Å². The van der Waals surface area contributed by atoms with Crippen LogP contribution in [0.25, 0.3) is 0 Å². The van der Waals surface area contributed by atoms with Crippen molar-refractivity contribution in [3.63, 3.8) is 0 Å². The van der Waals surface area contributed by atoms with Crippen molar-refractivity contribution in [2.24, 2.45) is 0 Å². The van der Waals surface area contributed by atoms with Gasteiger partial charge in [0.25, 0.3) is 0 Å². The summed E-state index contributed by atoms with van der Waals surface area (Å²) in [7, 11) is 1.58. The molecule has 0 aliphatic carbocycles. The molecule has 1 aromatic heterocycles. The first-order valence-corrected chi connectivity index (χ1v) is 4.23. The number of halogens is 1. The zero-order valence-corrected chi connectivity index (χ0v) is 8.22. The monoisotopic (exact) mass is 185 g/mol. The topological polar surface area (TPSA) is 22.1 Å². The van der Waals surface area contributed by atoms with Crippen LogP contribution in [0.4, 0.5) is 0 Å². The minimum absolute atomic E-state index is 0.399. The molecular formula is C9H12ClNO. The second kappa shape index (κ2) is 3.76. The van der Waals surface area contributed by atoms with Crippen molar-refractivity contribution in [3.8, 4) is 5.88 Å². The van der Waals surface area contributed by atoms with Gasteiger partial charge in [0.2, 0.25) is 5.88 Å². The molecule has 3 heteroatoms. The zero-order chi connectivity index (χ0) is 9.14. The van der Waals surface area contributed by atoms with E-state index in [1.807, 2.05) is 12.1 Å². The molecule has 2 nitrogen and oxygen atoms in total. The predicted molar refractivity (Wildman–Crippen MR) is 49.9 cm³/mol. The lowest BCUT2D eigenvalue weighted by Crippen LogP contribution is -1.93. The maximum Gasteiger partial charge on any atom is 0.214 e. The summed E-state index contributed by atoms with van der Waals surface area (Å²) in [5.41, 5.74) is 1.05. The molecule has 0 bridgehead atoms. The van der Waals surface area contributed by atoms with Gasteiger partial charge < -0.3 is 4.74 Å². The molecule has 0 atom stereocenters. The highest BCUT2D eigenvalue weighted by molar-refractivity contribution is 6.30. The lowest BCUT2D eigenvalue weighted by atomic mass is 10.1. The van der Waals surface area contributed by atoms with Crippen molar-refractivity contribution in [2.75, 3.05) is 7.11 Å². The van der Waals surface area contributed by atoms with Crippen LogP contribution >= 0.6 is 11.6 Å². The number of nitrogens with zero attached hydrogens (tertiary/aromatic N) is 1. The Balaban J connectivity index is 3.03. The third-order valence-corrected chi connectivity index (χ3v) is 1.99. The van der Waals surface area contributed by atoms with Gasteiger partial charge in [0.1, 0.15) is 5.15 Å². The first kappa shape index (κ1) is 9.33. The number of aromatic nitrogens is 1. The summed E-state index contributed by atoms with van der Waals surface area (Å²) >= 11 is 5.91. The van der Waals surface area contributed by atoms with Gasteiger partial charge in [0, 0.05) is 6.07 Å². The van der Waals surface area contributed by atoms with E-state index in [4.69, 9.17) is 16.3 Å². The molecule has 0 fully saturated rings. The molecule has 1 aromatic rings. The average molecular weight is 186 g/mol. The van der Waals surface area contributed by atoms with Crippen molar-refractivity contribution in [3.05, 3.63) is 22.8 Å². The number of methoxy groups -OCH3 is 1. The van der Waals surface area contributed by atoms with E-state index >= 15 is 0 Å². The van der Waals surface area contributed by atoms with E-state index in [-0.39, 0.29) is 0 Å². The van der Waals surface area contributed by atoms with E-state index in [0.717, 1.165) is 5.56 Å². The molecule has 0 saturated carbocycles. The van der Waals surface area contributed by atoms with Crippen LogP contribution < -0.4 is 4.74 Å². The Morgan fingerprint density at radius 1 is 1.42 bits per heavy atom. The minimum Gasteiger partial charge on any atom is -0.481 e.